The molecule has 8 fully saturated rings. The molecule has 8 aliphatic heterocycles. The molecule has 0 spiro atoms. The SMILES string of the molecule is CC(C)(C)OC(=O)N1CCC(O)CC1.CC(C)(C)OC(=O)N1CCC(Oc2ccc(B3OC(C)(C)C(C)(C)O3)cc2)CC1.CC(C)(C)OC(=O)N[C@@H](CC(=O)N1CCC(Oc2ccc(B3OC(C)(C)C(C)(C)O3)cc2)CC1)Cc1cc(F)c(F)cc1F.CC(C)(C)OC(=O)N[C@@H](CC(=O)O)Cc1cc(F)c(F)cc1F.CC1(C)OB(c2ccc(O)cc2)OC1(C)C.CC1(C)OB(c2ccc(OC3CCNCC3)cc2)OC1(C)C.[CH3-]. The maximum atomic E-state index is 14.4. The van der Waals surface area contributed by atoms with Crippen LogP contribution in [0.3, 0.4) is 0 Å². The van der Waals surface area contributed by atoms with E-state index in [0.29, 0.717) is 95.0 Å². The standard InChI is InChI=1S/C32H42BF3N2O6.C22H34BNO5.C17H26BNO3.C15H18F3NO4.C12H17BO3.C10H19NO3.CH3/c1-30(2,3)42-29(40)37-22(16-20-17-26(35)27(36)19-25(20)34)18-28(39)38-14-12-24(13-15-38)41-23-10-8-21(9-11-23)33-43-31(4,5)32(6,7)44-33;1-20(2,3)27-19(25)24-14-12-18(13-15-24)26-17-10-8-16(9-11-17)23-28-21(4,5)22(6,7)29-23;1-16(2)17(3,4)22-18(21-16)13-5-7-14(8-6-13)20-15-9-11-19-12-10-15;1-15(2,3)23-14(22)19-9(6-13(20)21)4-8-5-11(17)12(18)7-10(8)16;1-11(2)12(3,4)16-13(15-11)9-5-7-10(14)8-6-9;1-10(2,3)14-9(13)11-6-4-8(12)5-7-11;/h8-11,17,19,22,24H,12-16,18H2,1-7H3,(H,37,40);8-11,18H,12-15H2,1-7H3;5-8,15,19H,9-12H2,1-4H3;5,7,9H,4,6H2,1-3H3,(H,19,22)(H,20,21);5-8,14H,1-4H3;8,12H,4-7H2,1-3H3;1H3/q;;;;;;-1/t22-;;;9-;;;/m1..1.../s1. The summed E-state index contributed by atoms with van der Waals surface area (Å²) in [6, 6.07) is 30.8. The first-order valence-electron chi connectivity index (χ1n) is 51.0. The predicted octanol–water partition coefficient (Wildman–Crippen LogP) is 17.7. The molecule has 40 heteroatoms. The Morgan fingerprint density at radius 1 is 0.369 bits per heavy atom. The number of carboxylic acids is 1. The largest absolute Gasteiger partial charge is 0.508 e. The van der Waals surface area contributed by atoms with Crippen molar-refractivity contribution in [3.8, 4) is 23.0 Å². The number of aliphatic hydroxyl groups is 1. The van der Waals surface area contributed by atoms with Gasteiger partial charge in [-0.25, -0.2) is 45.5 Å². The number of nitrogens with zero attached hydrogens (tertiary/aromatic N) is 3. The number of halogens is 6. The van der Waals surface area contributed by atoms with E-state index in [9.17, 15) is 65.3 Å². The van der Waals surface area contributed by atoms with E-state index in [4.69, 9.17) is 75.5 Å². The van der Waals surface area contributed by atoms with Gasteiger partial charge in [0.2, 0.25) is 5.91 Å². The average molecular weight is 2090 g/mol. The predicted molar refractivity (Wildman–Crippen MR) is 561 cm³/mol. The summed E-state index contributed by atoms with van der Waals surface area (Å²) < 4.78 is 169. The molecule has 14 rings (SSSR count). The molecule has 5 amide bonds. The van der Waals surface area contributed by atoms with E-state index in [-0.39, 0.29) is 135 Å². The molecule has 6 N–H and O–H groups in total. The number of aliphatic hydroxyl groups excluding tert-OH is 1. The van der Waals surface area contributed by atoms with Gasteiger partial charge in [-0.05, 0) is 339 Å². The van der Waals surface area contributed by atoms with E-state index in [1.165, 1.54) is 0 Å². The third-order valence-electron chi connectivity index (χ3n) is 27.2. The molecule has 0 radical (unpaired) electrons. The van der Waals surface area contributed by atoms with Crippen molar-refractivity contribution in [1.29, 1.82) is 0 Å². The summed E-state index contributed by atoms with van der Waals surface area (Å²) in [7, 11) is -1.50. The van der Waals surface area contributed by atoms with Gasteiger partial charge in [-0.1, -0.05) is 48.5 Å². The Morgan fingerprint density at radius 2 is 0.617 bits per heavy atom. The van der Waals surface area contributed by atoms with Crippen LogP contribution in [-0.2, 0) is 78.6 Å². The van der Waals surface area contributed by atoms with Crippen LogP contribution >= 0.6 is 0 Å². The highest BCUT2D eigenvalue weighted by Gasteiger charge is 2.56. The lowest BCUT2D eigenvalue weighted by molar-refractivity contribution is -0.137. The number of phenols is 1. The Labute approximate surface area is 878 Å². The van der Waals surface area contributed by atoms with Crippen molar-refractivity contribution in [1.82, 2.24) is 30.7 Å². The Kier molecular flexibility index (Phi) is 42.6. The van der Waals surface area contributed by atoms with E-state index in [2.05, 4.69) is 43.6 Å². The number of amides is 5. The summed E-state index contributed by atoms with van der Waals surface area (Å²) in [5, 5.41) is 35.6. The van der Waals surface area contributed by atoms with Crippen molar-refractivity contribution in [2.75, 3.05) is 52.4 Å². The van der Waals surface area contributed by atoms with E-state index in [1.807, 2.05) is 210 Å². The lowest BCUT2D eigenvalue weighted by Crippen LogP contribution is -2.46. The van der Waals surface area contributed by atoms with Gasteiger partial charge in [-0.15, -0.1) is 0 Å². The molecule has 0 saturated carbocycles. The smallest absolute Gasteiger partial charge is 0.494 e. The highest BCUT2D eigenvalue weighted by Crippen LogP contribution is 2.42. The first-order chi connectivity index (χ1) is 68.3. The second kappa shape index (κ2) is 51.1. The minimum Gasteiger partial charge on any atom is -0.508 e. The van der Waals surface area contributed by atoms with Gasteiger partial charge in [0.05, 0.1) is 57.3 Å². The molecule has 30 nitrogen and oxygen atoms in total. The first-order valence-corrected chi connectivity index (χ1v) is 51.0. The molecule has 824 valence electrons. The van der Waals surface area contributed by atoms with Crippen molar-refractivity contribution in [2.24, 2.45) is 0 Å². The molecule has 8 saturated heterocycles. The van der Waals surface area contributed by atoms with Gasteiger partial charge in [-0.2, -0.15) is 0 Å². The van der Waals surface area contributed by atoms with E-state index < -0.39 is 112 Å². The van der Waals surface area contributed by atoms with E-state index >= 15 is 0 Å². The van der Waals surface area contributed by atoms with Gasteiger partial charge in [0.15, 0.2) is 23.3 Å². The highest BCUT2D eigenvalue weighted by atomic mass is 19.2. The highest BCUT2D eigenvalue weighted by molar-refractivity contribution is 6.63. The summed E-state index contributed by atoms with van der Waals surface area (Å²) >= 11 is 0. The minimum absolute atomic E-state index is 0. The van der Waals surface area contributed by atoms with Crippen LogP contribution in [0.1, 0.15) is 269 Å². The number of hydrogen-bond acceptors (Lipinski definition) is 24. The van der Waals surface area contributed by atoms with Gasteiger partial charge in [0.1, 0.15) is 75.3 Å². The van der Waals surface area contributed by atoms with Gasteiger partial charge in [0, 0.05) is 95.6 Å². The normalized spacial score (nSPS) is 19.7. The molecular formula is C109H159B4F6N6O24-. The molecular weight excluding hydrogens is 1930 g/mol. The number of carbonyl (C=O) groups is 6. The molecule has 149 heavy (non-hydrogen) atoms. The number of hydrogen-bond donors (Lipinski definition) is 6. The number of aromatic hydroxyl groups is 1. The minimum atomic E-state index is -1.35. The Bertz CT molecular complexity index is 5300. The number of ether oxygens (including phenoxy) is 7. The molecule has 0 bridgehead atoms. The monoisotopic (exact) mass is 2090 g/mol. The number of nitrogens with one attached hydrogen (secondary N) is 3. The van der Waals surface area contributed by atoms with Crippen LogP contribution in [0.5, 0.6) is 23.0 Å². The van der Waals surface area contributed by atoms with Gasteiger partial charge >= 0.3 is 58.8 Å². The number of rotatable bonds is 20. The molecule has 8 aliphatic rings. The number of carbonyl (C=O) groups excluding carboxylic acids is 5. The molecule has 6 aromatic rings. The molecule has 0 aromatic heterocycles. The first kappa shape index (κ1) is 124. The van der Waals surface area contributed by atoms with Crippen molar-refractivity contribution < 1.29 is 141 Å². The van der Waals surface area contributed by atoms with Crippen LogP contribution < -0.4 is 52.0 Å². The lowest BCUT2D eigenvalue weighted by atomic mass is 9.79. The number of phenolic OH excluding ortho intramolecular Hbond substituents is 1. The Balaban J connectivity index is 0.000000227. The van der Waals surface area contributed by atoms with Crippen molar-refractivity contribution in [2.45, 2.75) is 375 Å². The Hall–Kier alpha value is -10.0. The third-order valence-corrected chi connectivity index (χ3v) is 27.2. The number of carboxylic acid groups (broad SMARTS) is 1. The number of aliphatic carboxylic acids is 1. The van der Waals surface area contributed by atoms with Crippen LogP contribution in [0.15, 0.2) is 121 Å². The van der Waals surface area contributed by atoms with Crippen molar-refractivity contribution in [3.63, 3.8) is 0 Å². The summed E-state index contributed by atoms with van der Waals surface area (Å²) in [6.07, 6.45) is 2.80. The van der Waals surface area contributed by atoms with Crippen LogP contribution in [-0.4, -0.2) is 251 Å². The van der Waals surface area contributed by atoms with Crippen LogP contribution in [0, 0.1) is 42.3 Å². The van der Waals surface area contributed by atoms with Gasteiger partial charge in [-0.3, -0.25) is 9.59 Å². The second-order valence-corrected chi connectivity index (χ2v) is 46.5. The Morgan fingerprint density at radius 3 is 0.893 bits per heavy atom. The maximum Gasteiger partial charge on any atom is 0.494 e. The lowest BCUT2D eigenvalue weighted by Gasteiger charge is -2.33. The van der Waals surface area contributed by atoms with E-state index in [0.717, 1.165) is 78.2 Å². The van der Waals surface area contributed by atoms with Crippen LogP contribution in [0.25, 0.3) is 0 Å². The topological polar surface area (TPSA) is 347 Å². The summed E-state index contributed by atoms with van der Waals surface area (Å²) in [6.45, 7) is 59.1. The fourth-order valence-electron chi connectivity index (χ4n) is 16.0. The van der Waals surface area contributed by atoms with Crippen molar-refractivity contribution in [3.05, 3.63) is 175 Å². The van der Waals surface area contributed by atoms with Crippen LogP contribution in [0.2, 0.25) is 0 Å². The molecule has 6 aromatic carbocycles. The number of piperidine rings is 4. The zero-order valence-electron chi connectivity index (χ0n) is 92.5. The fraction of sp³-hybridized carbons (Fsp3) is 0.606. The fourth-order valence-corrected chi connectivity index (χ4v) is 16.0. The molecule has 2 atom stereocenters. The number of likely N-dealkylation sites (tertiary alicyclic amines) is 3. The van der Waals surface area contributed by atoms with Crippen LogP contribution in [0.4, 0.5) is 45.5 Å². The summed E-state index contributed by atoms with van der Waals surface area (Å²) in [4.78, 5) is 77.0. The molecule has 0 aliphatic carbocycles. The number of benzene rings is 6. The third kappa shape index (κ3) is 37.7. The summed E-state index contributed by atoms with van der Waals surface area (Å²) in [5.41, 5.74) is -1.89. The number of alkyl carbamates (subject to hydrolysis) is 2. The average Bonchev–Trinajstić information content (AvgIpc) is 1.64. The molecule has 0 unspecified atom stereocenters. The summed E-state index contributed by atoms with van der Waals surface area (Å²) in [5.74, 6) is -5.93. The molecule has 8 heterocycles. The zero-order valence-corrected chi connectivity index (χ0v) is 92.5. The van der Waals surface area contributed by atoms with Gasteiger partial charge < -0.3 is 124 Å². The second-order valence-electron chi connectivity index (χ2n) is 46.5. The quantitative estimate of drug-likeness (QED) is 0.0136. The van der Waals surface area contributed by atoms with Gasteiger partial charge in [0.25, 0.3) is 0 Å². The zero-order chi connectivity index (χ0) is 110. The van der Waals surface area contributed by atoms with Crippen molar-refractivity contribution >= 4 is 86.6 Å². The maximum absolute atomic E-state index is 14.4. The van der Waals surface area contributed by atoms with E-state index in [1.54, 1.807) is 68.4 Å².